The number of phenolic OH excluding ortho intramolecular Hbond substituents is 1. The zero-order chi connectivity index (χ0) is 13.3. The summed E-state index contributed by atoms with van der Waals surface area (Å²) in [6, 6.07) is 5.42. The Balaban J connectivity index is 2.83. The molecule has 70 valence electrons. The number of aromatic hydroxyl groups is 1. The van der Waals surface area contributed by atoms with Gasteiger partial charge in [0.15, 0.2) is 0 Å². The van der Waals surface area contributed by atoms with Gasteiger partial charge in [-0.1, -0.05) is 15.9 Å². The summed E-state index contributed by atoms with van der Waals surface area (Å²) in [5.74, 6) is -1.09. The summed E-state index contributed by atoms with van der Waals surface area (Å²) >= 11 is 2.48. The largest absolute Gasteiger partial charge is 0.508 e. The topological polar surface area (TPSA) is 49.3 Å². The van der Waals surface area contributed by atoms with Crippen molar-refractivity contribution in [3.63, 3.8) is 0 Å². The summed E-state index contributed by atoms with van der Waals surface area (Å²) in [5.41, 5.74) is 0.272. The van der Waals surface area contributed by atoms with Crippen LogP contribution in [0.2, 0.25) is 0 Å². The minimum atomic E-state index is -2.72. The van der Waals surface area contributed by atoms with E-state index >= 15 is 0 Å². The van der Waals surface area contributed by atoms with Gasteiger partial charge >= 0.3 is 0 Å². The molecule has 1 rings (SSSR count). The van der Waals surface area contributed by atoms with Crippen LogP contribution in [0.5, 0.6) is 5.75 Å². The number of rotatable bonds is 3. The minimum absolute atomic E-state index is 0.0156. The Morgan fingerprint density at radius 2 is 2.15 bits per heavy atom. The highest BCUT2D eigenvalue weighted by molar-refractivity contribution is 9.09. The van der Waals surface area contributed by atoms with Crippen molar-refractivity contribution >= 4 is 27.5 Å². The van der Waals surface area contributed by atoms with Crippen LogP contribution in [0.1, 0.15) is 11.9 Å². The molecule has 0 aliphatic heterocycles. The lowest BCUT2D eigenvalue weighted by Crippen LogP contribution is -2.11. The van der Waals surface area contributed by atoms with Gasteiger partial charge in [-0.25, -0.2) is 0 Å². The van der Waals surface area contributed by atoms with Gasteiger partial charge in [0.1, 0.15) is 5.75 Å². The number of phenols is 1. The first-order valence-electron chi connectivity index (χ1n) is 5.44. The van der Waals surface area contributed by atoms with E-state index < -0.39 is 17.6 Å². The average molecular weight is 248 g/mol. The van der Waals surface area contributed by atoms with E-state index in [1.807, 2.05) is 0 Å². The van der Waals surface area contributed by atoms with E-state index in [0.717, 1.165) is 0 Å². The van der Waals surface area contributed by atoms with Gasteiger partial charge in [-0.3, -0.25) is 4.79 Å². The van der Waals surface area contributed by atoms with Gasteiger partial charge in [-0.2, -0.15) is 0 Å². The molecule has 0 radical (unpaired) electrons. The minimum Gasteiger partial charge on any atom is -0.508 e. The number of amides is 1. The monoisotopic (exact) mass is 247 g/mol. The highest BCUT2D eigenvalue weighted by Crippen LogP contribution is 2.13. The quantitative estimate of drug-likeness (QED) is 0.635. The number of alkyl halides is 1. The molecule has 1 aromatic carbocycles. The number of carbonyl (C=O) groups excluding carboxylic acids is 1. The molecule has 4 heteroatoms. The van der Waals surface area contributed by atoms with Crippen molar-refractivity contribution in [2.75, 3.05) is 10.6 Å². The zero-order valence-corrected chi connectivity index (χ0v) is 8.13. The molecule has 0 bridgehead atoms. The van der Waals surface area contributed by atoms with Crippen LogP contribution in [0, 0.1) is 0 Å². The van der Waals surface area contributed by atoms with E-state index in [-0.39, 0.29) is 11.4 Å². The molecule has 0 aromatic heterocycles. The maximum absolute atomic E-state index is 11.5. The van der Waals surface area contributed by atoms with Gasteiger partial charge in [0.05, 0.1) is 0 Å². The first kappa shape index (κ1) is 5.65. The summed E-state index contributed by atoms with van der Waals surface area (Å²) in [6.07, 6.45) is -2.72. The Hall–Kier alpha value is -1.03. The van der Waals surface area contributed by atoms with E-state index in [0.29, 0.717) is 0 Å². The number of carbonyl (C=O) groups is 1. The fraction of sp³-hybridized carbons (Fsp3) is 0.222. The molecule has 0 saturated heterocycles. The molecule has 0 unspecified atom stereocenters. The predicted octanol–water partition coefficient (Wildman–Crippen LogP) is 2.12. The lowest BCUT2D eigenvalue weighted by atomic mass is 10.3. The lowest BCUT2D eigenvalue weighted by molar-refractivity contribution is -0.115. The van der Waals surface area contributed by atoms with Crippen LogP contribution >= 0.6 is 15.9 Å². The molecule has 0 aliphatic rings. The van der Waals surface area contributed by atoms with Gasteiger partial charge in [0, 0.05) is 22.8 Å². The Bertz CT molecular complexity index is 416. The van der Waals surface area contributed by atoms with Crippen molar-refractivity contribution in [1.29, 1.82) is 0 Å². The highest BCUT2D eigenvalue weighted by atomic mass is 79.9. The fourth-order valence-corrected chi connectivity index (χ4v) is 0.930. The standard InChI is InChI=1S/C9H10BrNO2/c10-6-5-9(13)11-7-1-3-8(12)4-2-7/h1-4,12H,5-6H2,(H,11,13)/i5D2,6D2. The van der Waals surface area contributed by atoms with Crippen LogP contribution in [-0.4, -0.2) is 16.3 Å². The first-order valence-corrected chi connectivity index (χ1v) is 4.23. The number of anilines is 1. The van der Waals surface area contributed by atoms with Crippen molar-refractivity contribution in [1.82, 2.24) is 0 Å². The molecule has 1 amide bonds. The smallest absolute Gasteiger partial charge is 0.225 e. The fourth-order valence-electron chi connectivity index (χ4n) is 0.750. The molecular weight excluding hydrogens is 234 g/mol. The molecule has 0 spiro atoms. The molecule has 2 N–H and O–H groups in total. The molecule has 13 heavy (non-hydrogen) atoms. The van der Waals surface area contributed by atoms with E-state index in [4.69, 9.17) is 10.6 Å². The van der Waals surface area contributed by atoms with Gasteiger partial charge in [-0.15, -0.1) is 0 Å². The van der Waals surface area contributed by atoms with Crippen molar-refractivity contribution in [2.45, 2.75) is 6.37 Å². The molecular formula is C9H10BrNO2. The molecule has 3 nitrogen and oxygen atoms in total. The Morgan fingerprint density at radius 3 is 2.69 bits per heavy atom. The molecule has 0 heterocycles. The van der Waals surface area contributed by atoms with Crippen LogP contribution in [0.25, 0.3) is 0 Å². The molecule has 0 atom stereocenters. The maximum Gasteiger partial charge on any atom is 0.225 e. The number of benzene rings is 1. The van der Waals surface area contributed by atoms with Crippen molar-refractivity contribution in [3.8, 4) is 5.75 Å². The van der Waals surface area contributed by atoms with E-state index in [1.54, 1.807) is 0 Å². The Morgan fingerprint density at radius 1 is 1.54 bits per heavy atom. The molecule has 1 aromatic rings. The second-order valence-corrected chi connectivity index (χ2v) is 2.62. The van der Waals surface area contributed by atoms with E-state index in [9.17, 15) is 4.79 Å². The van der Waals surface area contributed by atoms with Crippen molar-refractivity contribution in [3.05, 3.63) is 24.3 Å². The summed E-state index contributed by atoms with van der Waals surface area (Å²) in [7, 11) is 0. The third kappa shape index (κ3) is 3.46. The van der Waals surface area contributed by atoms with Crippen molar-refractivity contribution < 1.29 is 15.4 Å². The van der Waals surface area contributed by atoms with Gasteiger partial charge in [-0.05, 0) is 24.3 Å². The summed E-state index contributed by atoms with van der Waals surface area (Å²) in [5, 5.41) is 8.78. The average Bonchev–Trinajstić information content (AvgIpc) is 2.19. The molecule has 0 fully saturated rings. The third-order valence-electron chi connectivity index (χ3n) is 1.29. The third-order valence-corrected chi connectivity index (χ3v) is 1.48. The van der Waals surface area contributed by atoms with Crippen LogP contribution < -0.4 is 5.32 Å². The first-order chi connectivity index (χ1) is 7.64. The number of nitrogens with one attached hydrogen (secondary N) is 1. The summed E-state index contributed by atoms with van der Waals surface area (Å²) in [4.78, 5) is 11.5. The molecule has 0 aliphatic carbocycles. The van der Waals surface area contributed by atoms with Crippen LogP contribution in [-0.2, 0) is 4.79 Å². The van der Waals surface area contributed by atoms with Crippen LogP contribution in [0.15, 0.2) is 24.3 Å². The number of halogens is 1. The summed E-state index contributed by atoms with van der Waals surface area (Å²) < 4.78 is 29.1. The van der Waals surface area contributed by atoms with Gasteiger partial charge in [0.2, 0.25) is 5.91 Å². The highest BCUT2D eigenvalue weighted by Gasteiger charge is 1.99. The Kier molecular flexibility index (Phi) is 2.11. The van der Waals surface area contributed by atoms with Crippen LogP contribution in [0.4, 0.5) is 5.69 Å². The summed E-state index contributed by atoms with van der Waals surface area (Å²) in [6.45, 7) is 0. The zero-order valence-electron chi connectivity index (χ0n) is 10.5. The molecule has 0 saturated carbocycles. The van der Waals surface area contributed by atoms with Crippen molar-refractivity contribution in [2.24, 2.45) is 0 Å². The number of hydrogen-bond acceptors (Lipinski definition) is 2. The van der Waals surface area contributed by atoms with Gasteiger partial charge < -0.3 is 10.4 Å². The predicted molar refractivity (Wildman–Crippen MR) is 55.1 cm³/mol. The van der Waals surface area contributed by atoms with E-state index in [1.165, 1.54) is 24.3 Å². The lowest BCUT2D eigenvalue weighted by Gasteiger charge is -2.02. The maximum atomic E-state index is 11.5. The second kappa shape index (κ2) is 4.87. The van der Waals surface area contributed by atoms with Crippen LogP contribution in [0.3, 0.4) is 0 Å². The SMILES string of the molecule is [2H]C([2H])(Br)C([2H])([2H])C(=O)Nc1ccc(O)cc1. The number of hydrogen-bond donors (Lipinski definition) is 2. The van der Waals surface area contributed by atoms with Gasteiger partial charge in [0.25, 0.3) is 0 Å². The second-order valence-electron chi connectivity index (χ2n) is 2.22. The van der Waals surface area contributed by atoms with E-state index in [2.05, 4.69) is 21.2 Å². The normalized spacial score (nSPS) is 16.4. The Labute approximate surface area is 90.5 Å².